The Labute approximate surface area is 95.9 Å². The second kappa shape index (κ2) is 8.91. The molecule has 0 bridgehead atoms. The summed E-state index contributed by atoms with van der Waals surface area (Å²) < 4.78 is 0. The van der Waals surface area contributed by atoms with Gasteiger partial charge < -0.3 is 15.7 Å². The first kappa shape index (κ1) is 14.6. The van der Waals surface area contributed by atoms with E-state index < -0.39 is 5.97 Å². The van der Waals surface area contributed by atoms with Crippen LogP contribution >= 0.6 is 0 Å². The zero-order valence-electron chi connectivity index (χ0n) is 9.66. The van der Waals surface area contributed by atoms with E-state index in [9.17, 15) is 9.59 Å². The molecule has 0 aromatic carbocycles. The van der Waals surface area contributed by atoms with E-state index in [1.807, 2.05) is 6.92 Å². The van der Waals surface area contributed by atoms with Crippen LogP contribution in [-0.2, 0) is 9.59 Å². The second-order valence-corrected chi connectivity index (χ2v) is 3.60. The molecule has 3 N–H and O–H groups in total. The Hall–Kier alpha value is -1.36. The molecule has 0 aromatic heterocycles. The third kappa shape index (κ3) is 7.99. The van der Waals surface area contributed by atoms with Gasteiger partial charge in [0.2, 0.25) is 5.91 Å². The number of carbonyl (C=O) groups is 2. The molecule has 16 heavy (non-hydrogen) atoms. The topological polar surface area (TPSA) is 78.4 Å². The SMILES string of the molecule is C=CCNCC(=O)NCC(CC)CC(=O)O. The molecule has 0 aliphatic carbocycles. The Morgan fingerprint density at radius 1 is 1.50 bits per heavy atom. The van der Waals surface area contributed by atoms with E-state index in [1.165, 1.54) is 0 Å². The Kier molecular flexibility index (Phi) is 8.15. The first-order valence-corrected chi connectivity index (χ1v) is 5.40. The number of hydrogen-bond donors (Lipinski definition) is 3. The molecule has 0 radical (unpaired) electrons. The molecule has 0 heterocycles. The highest BCUT2D eigenvalue weighted by molar-refractivity contribution is 5.78. The van der Waals surface area contributed by atoms with Crippen LogP contribution in [-0.4, -0.2) is 36.6 Å². The molecule has 0 saturated carbocycles. The third-order valence-electron chi connectivity index (χ3n) is 2.20. The number of aliphatic carboxylic acids is 1. The molecular formula is C11H20N2O3. The van der Waals surface area contributed by atoms with Crippen LogP contribution in [0, 0.1) is 5.92 Å². The van der Waals surface area contributed by atoms with Gasteiger partial charge in [-0.15, -0.1) is 6.58 Å². The number of nitrogens with one attached hydrogen (secondary N) is 2. The van der Waals surface area contributed by atoms with Crippen LogP contribution in [0.15, 0.2) is 12.7 Å². The second-order valence-electron chi connectivity index (χ2n) is 3.60. The minimum atomic E-state index is -0.828. The van der Waals surface area contributed by atoms with Crippen molar-refractivity contribution in [2.75, 3.05) is 19.6 Å². The highest BCUT2D eigenvalue weighted by atomic mass is 16.4. The van der Waals surface area contributed by atoms with E-state index in [-0.39, 0.29) is 24.8 Å². The van der Waals surface area contributed by atoms with E-state index in [0.717, 1.165) is 6.42 Å². The monoisotopic (exact) mass is 228 g/mol. The molecule has 0 aliphatic heterocycles. The molecule has 0 spiro atoms. The molecule has 1 unspecified atom stereocenters. The molecule has 0 aliphatic rings. The van der Waals surface area contributed by atoms with Crippen molar-refractivity contribution in [2.24, 2.45) is 5.92 Å². The third-order valence-corrected chi connectivity index (χ3v) is 2.20. The van der Waals surface area contributed by atoms with Crippen LogP contribution in [0.1, 0.15) is 19.8 Å². The number of carboxylic acids is 1. The van der Waals surface area contributed by atoms with E-state index >= 15 is 0 Å². The number of hydrogen-bond acceptors (Lipinski definition) is 3. The lowest BCUT2D eigenvalue weighted by molar-refractivity contribution is -0.138. The van der Waals surface area contributed by atoms with Gasteiger partial charge in [-0.05, 0) is 5.92 Å². The summed E-state index contributed by atoms with van der Waals surface area (Å²) in [7, 11) is 0. The van der Waals surface area contributed by atoms with Crippen molar-refractivity contribution in [1.29, 1.82) is 0 Å². The van der Waals surface area contributed by atoms with Crippen molar-refractivity contribution in [3.8, 4) is 0 Å². The van der Waals surface area contributed by atoms with Gasteiger partial charge >= 0.3 is 5.97 Å². The molecular weight excluding hydrogens is 208 g/mol. The molecule has 0 aromatic rings. The molecule has 1 atom stereocenters. The predicted molar refractivity (Wildman–Crippen MR) is 62.1 cm³/mol. The van der Waals surface area contributed by atoms with Gasteiger partial charge in [-0.2, -0.15) is 0 Å². The summed E-state index contributed by atoms with van der Waals surface area (Å²) >= 11 is 0. The fraction of sp³-hybridized carbons (Fsp3) is 0.636. The van der Waals surface area contributed by atoms with Gasteiger partial charge in [0.15, 0.2) is 0 Å². The highest BCUT2D eigenvalue weighted by Gasteiger charge is 2.11. The quantitative estimate of drug-likeness (QED) is 0.394. The zero-order chi connectivity index (χ0) is 12.4. The van der Waals surface area contributed by atoms with Crippen molar-refractivity contribution in [1.82, 2.24) is 10.6 Å². The summed E-state index contributed by atoms with van der Waals surface area (Å²) in [5.41, 5.74) is 0. The van der Waals surface area contributed by atoms with Crippen molar-refractivity contribution >= 4 is 11.9 Å². The average Bonchev–Trinajstić information content (AvgIpc) is 2.24. The Balaban J connectivity index is 3.70. The van der Waals surface area contributed by atoms with E-state index in [4.69, 9.17) is 5.11 Å². The Bertz CT molecular complexity index is 241. The summed E-state index contributed by atoms with van der Waals surface area (Å²) in [6.45, 7) is 6.66. The summed E-state index contributed by atoms with van der Waals surface area (Å²) in [4.78, 5) is 21.8. The Morgan fingerprint density at radius 2 is 2.19 bits per heavy atom. The minimum absolute atomic E-state index is 0.000791. The fourth-order valence-corrected chi connectivity index (χ4v) is 1.22. The highest BCUT2D eigenvalue weighted by Crippen LogP contribution is 2.06. The van der Waals surface area contributed by atoms with Gasteiger partial charge in [0.05, 0.1) is 6.54 Å². The molecule has 0 rings (SSSR count). The smallest absolute Gasteiger partial charge is 0.303 e. The number of carbonyl (C=O) groups excluding carboxylic acids is 1. The van der Waals surface area contributed by atoms with Crippen molar-refractivity contribution in [3.63, 3.8) is 0 Å². The van der Waals surface area contributed by atoms with Crippen LogP contribution in [0.4, 0.5) is 0 Å². The molecule has 0 fully saturated rings. The standard InChI is InChI=1S/C11H20N2O3/c1-3-5-12-8-10(14)13-7-9(4-2)6-11(15)16/h3,9,12H,1,4-8H2,2H3,(H,13,14)(H,15,16). The molecule has 0 saturated heterocycles. The fourth-order valence-electron chi connectivity index (χ4n) is 1.22. The number of rotatable bonds is 9. The van der Waals surface area contributed by atoms with Crippen LogP contribution in [0.3, 0.4) is 0 Å². The minimum Gasteiger partial charge on any atom is -0.481 e. The van der Waals surface area contributed by atoms with Crippen LogP contribution in [0.5, 0.6) is 0 Å². The number of carboxylic acid groups (broad SMARTS) is 1. The largest absolute Gasteiger partial charge is 0.481 e. The van der Waals surface area contributed by atoms with E-state index in [0.29, 0.717) is 13.1 Å². The lowest BCUT2D eigenvalue weighted by atomic mass is 10.0. The van der Waals surface area contributed by atoms with Crippen LogP contribution in [0.2, 0.25) is 0 Å². The first-order valence-electron chi connectivity index (χ1n) is 5.40. The maximum Gasteiger partial charge on any atom is 0.303 e. The van der Waals surface area contributed by atoms with E-state index in [1.54, 1.807) is 6.08 Å². The van der Waals surface area contributed by atoms with Gasteiger partial charge in [0.25, 0.3) is 0 Å². The van der Waals surface area contributed by atoms with Gasteiger partial charge in [-0.1, -0.05) is 19.4 Å². The van der Waals surface area contributed by atoms with E-state index in [2.05, 4.69) is 17.2 Å². The molecule has 5 nitrogen and oxygen atoms in total. The summed E-state index contributed by atoms with van der Waals surface area (Å²) in [6, 6.07) is 0. The van der Waals surface area contributed by atoms with Crippen LogP contribution < -0.4 is 10.6 Å². The molecule has 92 valence electrons. The lowest BCUT2D eigenvalue weighted by Gasteiger charge is -2.13. The molecule has 5 heteroatoms. The molecule has 1 amide bonds. The van der Waals surface area contributed by atoms with Crippen molar-refractivity contribution < 1.29 is 14.7 Å². The predicted octanol–water partition coefficient (Wildman–Crippen LogP) is 0.379. The summed E-state index contributed by atoms with van der Waals surface area (Å²) in [5.74, 6) is -0.947. The average molecular weight is 228 g/mol. The lowest BCUT2D eigenvalue weighted by Crippen LogP contribution is -2.37. The van der Waals surface area contributed by atoms with Gasteiger partial charge in [0.1, 0.15) is 0 Å². The van der Waals surface area contributed by atoms with Crippen molar-refractivity contribution in [2.45, 2.75) is 19.8 Å². The normalized spacial score (nSPS) is 11.8. The maximum atomic E-state index is 11.3. The van der Waals surface area contributed by atoms with Gasteiger partial charge in [-0.25, -0.2) is 0 Å². The van der Waals surface area contributed by atoms with Crippen LogP contribution in [0.25, 0.3) is 0 Å². The summed E-state index contributed by atoms with van der Waals surface area (Å²) in [6.07, 6.45) is 2.51. The first-order chi connectivity index (χ1) is 7.60. The summed E-state index contributed by atoms with van der Waals surface area (Å²) in [5, 5.41) is 14.2. The van der Waals surface area contributed by atoms with Gasteiger partial charge in [0, 0.05) is 19.5 Å². The zero-order valence-corrected chi connectivity index (χ0v) is 9.66. The Morgan fingerprint density at radius 3 is 2.69 bits per heavy atom. The number of amides is 1. The maximum absolute atomic E-state index is 11.3. The van der Waals surface area contributed by atoms with Crippen molar-refractivity contribution in [3.05, 3.63) is 12.7 Å². The van der Waals surface area contributed by atoms with Gasteiger partial charge in [-0.3, -0.25) is 9.59 Å².